The molecular formula is C7H7NS. The second-order valence-electron chi connectivity index (χ2n) is 1.67. The molecule has 1 aromatic rings. The molecule has 0 aliphatic rings. The maximum atomic E-state index is 5.08. The Morgan fingerprint density at radius 3 is 3.22 bits per heavy atom. The van der Waals surface area contributed by atoms with E-state index < -0.39 is 0 Å². The first-order chi connectivity index (χ1) is 4.43. The van der Waals surface area contributed by atoms with Crippen molar-refractivity contribution in [1.82, 2.24) is 4.98 Å². The highest BCUT2D eigenvalue weighted by Gasteiger charge is 1.89. The fourth-order valence-electron chi connectivity index (χ4n) is 0.561. The predicted octanol–water partition coefficient (Wildman–Crippen LogP) is 1.71. The normalized spacial score (nSPS) is 8.78. The van der Waals surface area contributed by atoms with Crippen LogP contribution in [0.3, 0.4) is 0 Å². The van der Waals surface area contributed by atoms with Gasteiger partial charge in [-0.3, -0.25) is 4.98 Å². The standard InChI is InChI=1S/C7H7NS/c1-2-3-4-7-5-8-6-9-7/h1,5-6H,3-4H2. The number of hydrogen-bond acceptors (Lipinski definition) is 2. The summed E-state index contributed by atoms with van der Waals surface area (Å²) in [5.74, 6) is 2.58. The number of aromatic nitrogens is 1. The smallest absolute Gasteiger partial charge is 0.0794 e. The fraction of sp³-hybridized carbons (Fsp3) is 0.286. The van der Waals surface area contributed by atoms with E-state index in [2.05, 4.69) is 10.9 Å². The van der Waals surface area contributed by atoms with Gasteiger partial charge in [-0.1, -0.05) is 0 Å². The molecule has 2 heteroatoms. The summed E-state index contributed by atoms with van der Waals surface area (Å²) in [5.41, 5.74) is 1.83. The quantitative estimate of drug-likeness (QED) is 0.565. The van der Waals surface area contributed by atoms with Gasteiger partial charge in [0, 0.05) is 17.5 Å². The topological polar surface area (TPSA) is 12.9 Å². The van der Waals surface area contributed by atoms with Crippen molar-refractivity contribution in [3.63, 3.8) is 0 Å². The Labute approximate surface area is 58.8 Å². The van der Waals surface area contributed by atoms with Crippen LogP contribution in [0.4, 0.5) is 0 Å². The number of rotatable bonds is 2. The molecule has 0 amide bonds. The maximum Gasteiger partial charge on any atom is 0.0794 e. The van der Waals surface area contributed by atoms with Gasteiger partial charge >= 0.3 is 0 Å². The van der Waals surface area contributed by atoms with Crippen LogP contribution in [0.25, 0.3) is 0 Å². The van der Waals surface area contributed by atoms with E-state index in [1.165, 1.54) is 4.88 Å². The van der Waals surface area contributed by atoms with E-state index in [0.29, 0.717) is 0 Å². The monoisotopic (exact) mass is 137 g/mol. The number of nitrogens with zero attached hydrogens (tertiary/aromatic N) is 1. The minimum absolute atomic E-state index is 0.822. The lowest BCUT2D eigenvalue weighted by atomic mass is 10.3. The molecule has 46 valence electrons. The molecule has 1 heterocycles. The molecule has 0 aromatic carbocycles. The maximum absolute atomic E-state index is 5.08. The number of hydrogen-bond donors (Lipinski definition) is 0. The van der Waals surface area contributed by atoms with Crippen LogP contribution < -0.4 is 0 Å². The molecule has 1 rings (SSSR count). The molecule has 1 nitrogen and oxygen atoms in total. The van der Waals surface area contributed by atoms with Gasteiger partial charge in [-0.05, 0) is 6.42 Å². The Hall–Kier alpha value is -0.810. The highest BCUT2D eigenvalue weighted by atomic mass is 32.1. The Balaban J connectivity index is 2.41. The summed E-state index contributed by atoms with van der Waals surface area (Å²) in [5, 5.41) is 0. The van der Waals surface area contributed by atoms with Gasteiger partial charge in [0.25, 0.3) is 0 Å². The van der Waals surface area contributed by atoms with E-state index in [4.69, 9.17) is 6.42 Å². The molecule has 0 N–H and O–H groups in total. The third-order valence-electron chi connectivity index (χ3n) is 0.999. The lowest BCUT2D eigenvalue weighted by molar-refractivity contribution is 1.05. The fourth-order valence-corrected chi connectivity index (χ4v) is 1.16. The molecule has 0 aliphatic carbocycles. The molecule has 0 saturated carbocycles. The molecule has 9 heavy (non-hydrogen) atoms. The lowest BCUT2D eigenvalue weighted by Crippen LogP contribution is -1.74. The molecular weight excluding hydrogens is 130 g/mol. The molecule has 0 fully saturated rings. The van der Waals surface area contributed by atoms with Crippen LogP contribution in [0.2, 0.25) is 0 Å². The van der Waals surface area contributed by atoms with Gasteiger partial charge < -0.3 is 0 Å². The first-order valence-corrected chi connectivity index (χ1v) is 3.62. The summed E-state index contributed by atoms with van der Waals surface area (Å²) in [7, 11) is 0. The third-order valence-corrected chi connectivity index (χ3v) is 1.84. The molecule has 0 bridgehead atoms. The van der Waals surface area contributed by atoms with Crippen molar-refractivity contribution in [2.24, 2.45) is 0 Å². The molecule has 0 spiro atoms. The van der Waals surface area contributed by atoms with Gasteiger partial charge in [-0.25, -0.2) is 0 Å². The van der Waals surface area contributed by atoms with Gasteiger partial charge in [-0.15, -0.1) is 23.7 Å². The summed E-state index contributed by atoms with van der Waals surface area (Å²) >= 11 is 1.66. The summed E-state index contributed by atoms with van der Waals surface area (Å²) in [6, 6.07) is 0. The van der Waals surface area contributed by atoms with Crippen molar-refractivity contribution >= 4 is 11.3 Å². The van der Waals surface area contributed by atoms with Crippen molar-refractivity contribution in [1.29, 1.82) is 0 Å². The highest BCUT2D eigenvalue weighted by Crippen LogP contribution is 2.06. The van der Waals surface area contributed by atoms with E-state index in [0.717, 1.165) is 12.8 Å². The van der Waals surface area contributed by atoms with E-state index in [1.807, 2.05) is 11.7 Å². The van der Waals surface area contributed by atoms with E-state index in [9.17, 15) is 0 Å². The van der Waals surface area contributed by atoms with Crippen LogP contribution in [-0.2, 0) is 6.42 Å². The Kier molecular flexibility index (Phi) is 2.29. The second kappa shape index (κ2) is 3.26. The first-order valence-electron chi connectivity index (χ1n) is 2.74. The minimum atomic E-state index is 0.822. The highest BCUT2D eigenvalue weighted by molar-refractivity contribution is 7.09. The van der Waals surface area contributed by atoms with Gasteiger partial charge in [0.1, 0.15) is 0 Å². The average Bonchev–Trinajstić information content (AvgIpc) is 2.34. The Morgan fingerprint density at radius 1 is 1.78 bits per heavy atom. The first kappa shape index (κ1) is 6.31. The average molecular weight is 137 g/mol. The summed E-state index contributed by atoms with van der Waals surface area (Å²) < 4.78 is 0. The largest absolute Gasteiger partial charge is 0.253 e. The zero-order valence-electron chi connectivity index (χ0n) is 5.00. The molecule has 1 aromatic heterocycles. The minimum Gasteiger partial charge on any atom is -0.253 e. The van der Waals surface area contributed by atoms with Crippen LogP contribution in [0.15, 0.2) is 11.7 Å². The van der Waals surface area contributed by atoms with Crippen LogP contribution in [0, 0.1) is 12.3 Å². The number of aryl methyl sites for hydroxylation is 1. The summed E-state index contributed by atoms with van der Waals surface area (Å²) in [6.07, 6.45) is 8.74. The van der Waals surface area contributed by atoms with Gasteiger partial charge in [0.05, 0.1) is 5.51 Å². The van der Waals surface area contributed by atoms with Crippen LogP contribution in [0.1, 0.15) is 11.3 Å². The number of thiazole rings is 1. The zero-order chi connectivity index (χ0) is 6.53. The van der Waals surface area contributed by atoms with Crippen LogP contribution >= 0.6 is 11.3 Å². The summed E-state index contributed by atoms with van der Waals surface area (Å²) in [4.78, 5) is 5.20. The zero-order valence-corrected chi connectivity index (χ0v) is 5.82. The van der Waals surface area contributed by atoms with Crippen molar-refractivity contribution in [3.05, 3.63) is 16.6 Å². The molecule has 0 radical (unpaired) electrons. The van der Waals surface area contributed by atoms with Gasteiger partial charge in [0.2, 0.25) is 0 Å². The van der Waals surface area contributed by atoms with E-state index >= 15 is 0 Å². The third kappa shape index (κ3) is 1.87. The molecule has 0 aliphatic heterocycles. The lowest BCUT2D eigenvalue weighted by Gasteiger charge is -1.84. The van der Waals surface area contributed by atoms with Crippen molar-refractivity contribution in [2.45, 2.75) is 12.8 Å². The van der Waals surface area contributed by atoms with Crippen LogP contribution in [0.5, 0.6) is 0 Å². The van der Waals surface area contributed by atoms with Gasteiger partial charge in [-0.2, -0.15) is 0 Å². The predicted molar refractivity (Wildman–Crippen MR) is 39.3 cm³/mol. The van der Waals surface area contributed by atoms with Crippen LogP contribution in [-0.4, -0.2) is 4.98 Å². The summed E-state index contributed by atoms with van der Waals surface area (Å²) in [6.45, 7) is 0. The van der Waals surface area contributed by atoms with Gasteiger partial charge in [0.15, 0.2) is 0 Å². The van der Waals surface area contributed by atoms with Crippen molar-refractivity contribution < 1.29 is 0 Å². The molecule has 0 unspecified atom stereocenters. The molecule has 0 saturated heterocycles. The van der Waals surface area contributed by atoms with E-state index in [-0.39, 0.29) is 0 Å². The Bertz CT molecular complexity index is 195. The van der Waals surface area contributed by atoms with E-state index in [1.54, 1.807) is 11.3 Å². The number of terminal acetylenes is 1. The molecule has 0 atom stereocenters. The Morgan fingerprint density at radius 2 is 2.67 bits per heavy atom. The second-order valence-corrected chi connectivity index (χ2v) is 2.64. The SMILES string of the molecule is C#CCCc1cncs1. The van der Waals surface area contributed by atoms with Crippen molar-refractivity contribution in [2.75, 3.05) is 0 Å². The van der Waals surface area contributed by atoms with Crippen molar-refractivity contribution in [3.8, 4) is 12.3 Å².